The predicted octanol–water partition coefficient (Wildman–Crippen LogP) is 0.732. The molecule has 0 N–H and O–H groups in total. The summed E-state index contributed by atoms with van der Waals surface area (Å²) < 4.78 is 10.7. The summed E-state index contributed by atoms with van der Waals surface area (Å²) in [5.74, 6) is 0.156. The first-order valence-corrected chi connectivity index (χ1v) is 4.12. The number of rotatable bonds is 2. The van der Waals surface area contributed by atoms with Crippen LogP contribution in [0.5, 0.6) is 0 Å². The molecular formula is C6H12O2S. The third-order valence-electron chi connectivity index (χ3n) is 0.902. The van der Waals surface area contributed by atoms with Crippen molar-refractivity contribution in [2.45, 2.75) is 25.5 Å². The van der Waals surface area contributed by atoms with Gasteiger partial charge in [0.05, 0.1) is 5.75 Å². The smallest absolute Gasteiger partial charge is 0.132 e. The summed E-state index contributed by atoms with van der Waals surface area (Å²) in [6.07, 6.45) is 0.696. The molecule has 0 radical (unpaired) electrons. The van der Waals surface area contributed by atoms with Crippen LogP contribution in [0.25, 0.3) is 0 Å². The molecule has 0 fully saturated rings. The van der Waals surface area contributed by atoms with Crippen molar-refractivity contribution in [1.29, 1.82) is 0 Å². The van der Waals surface area contributed by atoms with E-state index in [1.165, 1.54) is 0 Å². The molecule has 0 aliphatic heterocycles. The van der Waals surface area contributed by atoms with E-state index in [4.69, 9.17) is 0 Å². The summed E-state index contributed by atoms with van der Waals surface area (Å²) in [4.78, 5) is 9.87. The van der Waals surface area contributed by atoms with Crippen molar-refractivity contribution in [3.05, 3.63) is 0 Å². The summed E-state index contributed by atoms with van der Waals surface area (Å²) in [7, 11) is -1.01. The van der Waals surface area contributed by atoms with Gasteiger partial charge in [-0.05, 0) is 20.8 Å². The molecule has 0 aliphatic carbocycles. The van der Waals surface area contributed by atoms with Crippen molar-refractivity contribution in [3.8, 4) is 0 Å². The minimum absolute atomic E-state index is 0.156. The monoisotopic (exact) mass is 148 g/mol. The van der Waals surface area contributed by atoms with Crippen LogP contribution in [0.1, 0.15) is 20.8 Å². The van der Waals surface area contributed by atoms with E-state index in [0.717, 1.165) is 0 Å². The first kappa shape index (κ1) is 8.82. The Morgan fingerprint density at radius 1 is 1.44 bits per heavy atom. The van der Waals surface area contributed by atoms with Gasteiger partial charge in [-0.15, -0.1) is 0 Å². The lowest BCUT2D eigenvalue weighted by molar-refractivity contribution is -0.105. The van der Waals surface area contributed by atoms with E-state index in [1.807, 2.05) is 20.8 Å². The molecule has 3 heteroatoms. The minimum Gasteiger partial charge on any atom is -0.302 e. The van der Waals surface area contributed by atoms with Crippen molar-refractivity contribution < 1.29 is 9.00 Å². The van der Waals surface area contributed by atoms with Crippen LogP contribution in [0.3, 0.4) is 0 Å². The normalized spacial score (nSPS) is 15.0. The molecule has 2 nitrogen and oxygen atoms in total. The fourth-order valence-corrected chi connectivity index (χ4v) is 0.935. The Bertz CT molecular complexity index is 124. The van der Waals surface area contributed by atoms with Crippen molar-refractivity contribution in [2.75, 3.05) is 5.75 Å². The number of carbonyl (C=O) groups is 1. The van der Waals surface area contributed by atoms with Crippen molar-refractivity contribution >= 4 is 17.1 Å². The van der Waals surface area contributed by atoms with E-state index in [2.05, 4.69) is 0 Å². The quantitative estimate of drug-likeness (QED) is 0.541. The van der Waals surface area contributed by atoms with Gasteiger partial charge in [-0.3, -0.25) is 4.21 Å². The van der Waals surface area contributed by atoms with E-state index >= 15 is 0 Å². The van der Waals surface area contributed by atoms with Gasteiger partial charge in [-0.1, -0.05) is 0 Å². The SMILES string of the molecule is CC(C)(C)S(=O)CC=O. The van der Waals surface area contributed by atoms with Gasteiger partial charge in [-0.25, -0.2) is 0 Å². The number of hydrogen-bond donors (Lipinski definition) is 0. The Kier molecular flexibility index (Phi) is 3.04. The molecule has 0 heterocycles. The maximum atomic E-state index is 10.9. The van der Waals surface area contributed by atoms with Crippen LogP contribution in [0.2, 0.25) is 0 Å². The summed E-state index contributed by atoms with van der Waals surface area (Å²) in [6.45, 7) is 5.56. The van der Waals surface area contributed by atoms with Gasteiger partial charge in [0, 0.05) is 15.5 Å². The zero-order valence-corrected chi connectivity index (χ0v) is 6.83. The lowest BCUT2D eigenvalue weighted by Gasteiger charge is -2.14. The average molecular weight is 148 g/mol. The molecule has 0 amide bonds. The van der Waals surface area contributed by atoms with Crippen LogP contribution >= 0.6 is 0 Å². The molecule has 0 aromatic rings. The minimum atomic E-state index is -1.01. The molecule has 0 saturated carbocycles. The fraction of sp³-hybridized carbons (Fsp3) is 0.833. The number of hydrogen-bond acceptors (Lipinski definition) is 2. The molecule has 9 heavy (non-hydrogen) atoms. The second-order valence-corrected chi connectivity index (χ2v) is 5.04. The van der Waals surface area contributed by atoms with Gasteiger partial charge >= 0.3 is 0 Å². The van der Waals surface area contributed by atoms with Crippen molar-refractivity contribution in [1.82, 2.24) is 0 Å². The largest absolute Gasteiger partial charge is 0.302 e. The highest BCUT2D eigenvalue weighted by molar-refractivity contribution is 7.87. The Morgan fingerprint density at radius 3 is 2.00 bits per heavy atom. The van der Waals surface area contributed by atoms with Crippen molar-refractivity contribution in [3.63, 3.8) is 0 Å². The highest BCUT2D eigenvalue weighted by Gasteiger charge is 2.17. The summed E-state index contributed by atoms with van der Waals surface area (Å²) in [5, 5.41) is 0. The highest BCUT2D eigenvalue weighted by atomic mass is 32.2. The Hall–Kier alpha value is -0.180. The third-order valence-corrected chi connectivity index (χ3v) is 2.71. The van der Waals surface area contributed by atoms with E-state index in [1.54, 1.807) is 0 Å². The Balaban J connectivity index is 3.88. The fourth-order valence-electron chi connectivity index (χ4n) is 0.312. The van der Waals surface area contributed by atoms with Gasteiger partial charge in [0.15, 0.2) is 0 Å². The molecular weight excluding hydrogens is 136 g/mol. The van der Waals surface area contributed by atoms with Crippen LogP contribution in [0.4, 0.5) is 0 Å². The lowest BCUT2D eigenvalue weighted by Crippen LogP contribution is -2.24. The molecule has 0 aromatic carbocycles. The number of aldehydes is 1. The summed E-state index contributed by atoms with van der Waals surface area (Å²) in [6, 6.07) is 0. The van der Waals surface area contributed by atoms with Gasteiger partial charge in [0.1, 0.15) is 6.29 Å². The molecule has 0 bridgehead atoms. The second kappa shape index (κ2) is 3.11. The maximum absolute atomic E-state index is 10.9. The van der Waals surface area contributed by atoms with Crippen LogP contribution in [-0.4, -0.2) is 21.0 Å². The van der Waals surface area contributed by atoms with E-state index in [0.29, 0.717) is 6.29 Å². The molecule has 1 unspecified atom stereocenters. The van der Waals surface area contributed by atoms with Gasteiger partial charge in [0.2, 0.25) is 0 Å². The number of carbonyl (C=O) groups excluding carboxylic acids is 1. The Morgan fingerprint density at radius 2 is 1.89 bits per heavy atom. The first-order chi connectivity index (χ1) is 3.98. The zero-order chi connectivity index (χ0) is 7.49. The second-order valence-electron chi connectivity index (χ2n) is 2.79. The van der Waals surface area contributed by atoms with E-state index < -0.39 is 10.8 Å². The average Bonchev–Trinajstić information content (AvgIpc) is 1.64. The maximum Gasteiger partial charge on any atom is 0.132 e. The summed E-state index contributed by atoms with van der Waals surface area (Å²) >= 11 is 0. The standard InChI is InChI=1S/C6H12O2S/c1-6(2,3)9(8)5-4-7/h4H,5H2,1-3H3. The zero-order valence-electron chi connectivity index (χ0n) is 6.01. The highest BCUT2D eigenvalue weighted by Crippen LogP contribution is 2.09. The van der Waals surface area contributed by atoms with E-state index in [9.17, 15) is 9.00 Å². The van der Waals surface area contributed by atoms with Crippen LogP contribution in [0, 0.1) is 0 Å². The van der Waals surface area contributed by atoms with Crippen LogP contribution in [-0.2, 0) is 15.6 Å². The third kappa shape index (κ3) is 3.40. The topological polar surface area (TPSA) is 34.1 Å². The molecule has 1 atom stereocenters. The molecule has 54 valence electrons. The predicted molar refractivity (Wildman–Crippen MR) is 38.8 cm³/mol. The van der Waals surface area contributed by atoms with Gasteiger partial charge < -0.3 is 4.79 Å². The van der Waals surface area contributed by atoms with Gasteiger partial charge in [0.25, 0.3) is 0 Å². The lowest BCUT2D eigenvalue weighted by atomic mass is 10.3. The summed E-state index contributed by atoms with van der Waals surface area (Å²) in [5.41, 5.74) is 0. The molecule has 0 aliphatic rings. The Labute approximate surface area is 58.1 Å². The van der Waals surface area contributed by atoms with Crippen molar-refractivity contribution in [2.24, 2.45) is 0 Å². The molecule has 0 aromatic heterocycles. The van der Waals surface area contributed by atoms with Crippen LogP contribution < -0.4 is 0 Å². The van der Waals surface area contributed by atoms with Gasteiger partial charge in [-0.2, -0.15) is 0 Å². The first-order valence-electron chi connectivity index (χ1n) is 2.80. The van der Waals surface area contributed by atoms with Crippen LogP contribution in [0.15, 0.2) is 0 Å². The molecule has 0 rings (SSSR count). The molecule has 0 spiro atoms. The van der Waals surface area contributed by atoms with E-state index in [-0.39, 0.29) is 10.5 Å². The molecule has 0 saturated heterocycles.